The first-order chi connectivity index (χ1) is 9.38. The van der Waals surface area contributed by atoms with Gasteiger partial charge in [0.2, 0.25) is 10.0 Å². The molecular weight excluding hydrogens is 296 g/mol. The number of rotatable bonds is 4. The molecule has 0 heterocycles. The van der Waals surface area contributed by atoms with Crippen LogP contribution in [0.3, 0.4) is 0 Å². The molecule has 0 aliphatic heterocycles. The number of methoxy groups -OCH3 is 1. The Morgan fingerprint density at radius 2 is 1.85 bits per heavy atom. The number of sulfonamides is 1. The number of primary sulfonamides is 1. The van der Waals surface area contributed by atoms with Crippen LogP contribution in [-0.4, -0.2) is 15.5 Å². The van der Waals surface area contributed by atoms with E-state index in [1.165, 1.54) is 23.9 Å². The summed E-state index contributed by atoms with van der Waals surface area (Å²) in [6, 6.07) is 12.0. The highest BCUT2D eigenvalue weighted by Gasteiger charge is 2.11. The van der Waals surface area contributed by atoms with Crippen LogP contribution in [0, 0.1) is 0 Å². The van der Waals surface area contributed by atoms with Gasteiger partial charge in [0.05, 0.1) is 12.0 Å². The summed E-state index contributed by atoms with van der Waals surface area (Å²) in [6.45, 7) is 0. The van der Waals surface area contributed by atoms with E-state index in [9.17, 15) is 8.42 Å². The van der Waals surface area contributed by atoms with Gasteiger partial charge in [0.25, 0.3) is 0 Å². The van der Waals surface area contributed by atoms with Crippen LogP contribution in [0.25, 0.3) is 0 Å². The lowest BCUT2D eigenvalue weighted by molar-refractivity contribution is 0.413. The molecule has 0 aliphatic carbocycles. The Balaban J connectivity index is 2.36. The van der Waals surface area contributed by atoms with E-state index in [1.54, 1.807) is 13.2 Å². The molecule has 4 N–H and O–H groups in total. The van der Waals surface area contributed by atoms with Crippen molar-refractivity contribution < 1.29 is 13.2 Å². The van der Waals surface area contributed by atoms with Gasteiger partial charge in [-0.1, -0.05) is 17.8 Å². The molecule has 0 fully saturated rings. The fourth-order valence-corrected chi connectivity index (χ4v) is 3.26. The Morgan fingerprint density at radius 3 is 2.50 bits per heavy atom. The second-order valence-corrected chi connectivity index (χ2v) is 6.77. The van der Waals surface area contributed by atoms with E-state index >= 15 is 0 Å². The van der Waals surface area contributed by atoms with Crippen molar-refractivity contribution in [1.29, 1.82) is 0 Å². The third kappa shape index (κ3) is 3.66. The van der Waals surface area contributed by atoms with Gasteiger partial charge in [-0.15, -0.1) is 0 Å². The molecule has 20 heavy (non-hydrogen) atoms. The van der Waals surface area contributed by atoms with Crippen LogP contribution in [-0.2, 0) is 10.0 Å². The third-order valence-electron chi connectivity index (χ3n) is 2.51. The van der Waals surface area contributed by atoms with Crippen LogP contribution in [0.2, 0.25) is 0 Å². The molecule has 0 amide bonds. The van der Waals surface area contributed by atoms with Crippen molar-refractivity contribution in [3.8, 4) is 5.75 Å². The van der Waals surface area contributed by atoms with Crippen molar-refractivity contribution >= 4 is 27.5 Å². The summed E-state index contributed by atoms with van der Waals surface area (Å²) >= 11 is 1.38. The van der Waals surface area contributed by atoms with Gasteiger partial charge in [-0.25, -0.2) is 13.6 Å². The predicted octanol–water partition coefficient (Wildman–Crippen LogP) is 2.08. The third-order valence-corrected chi connectivity index (χ3v) is 4.36. The highest BCUT2D eigenvalue weighted by molar-refractivity contribution is 7.99. The minimum atomic E-state index is -3.77. The largest absolute Gasteiger partial charge is 0.497 e. The Labute approximate surface area is 122 Å². The Hall–Kier alpha value is -1.70. The maximum Gasteiger partial charge on any atom is 0.238 e. The van der Waals surface area contributed by atoms with Crippen LogP contribution >= 0.6 is 11.8 Å². The predicted molar refractivity (Wildman–Crippen MR) is 79.3 cm³/mol. The van der Waals surface area contributed by atoms with Gasteiger partial charge >= 0.3 is 0 Å². The van der Waals surface area contributed by atoms with Crippen LogP contribution in [0.5, 0.6) is 5.75 Å². The summed E-state index contributed by atoms with van der Waals surface area (Å²) in [5.74, 6) is 0.727. The summed E-state index contributed by atoms with van der Waals surface area (Å²) in [7, 11) is -2.18. The molecule has 0 bridgehead atoms. The van der Waals surface area contributed by atoms with Gasteiger partial charge in [0.1, 0.15) is 5.75 Å². The fourth-order valence-electron chi connectivity index (χ4n) is 1.62. The minimum absolute atomic E-state index is 0.00268. The molecule has 0 radical (unpaired) electrons. The molecule has 7 heteroatoms. The van der Waals surface area contributed by atoms with Gasteiger partial charge < -0.3 is 10.5 Å². The lowest BCUT2D eigenvalue weighted by Crippen LogP contribution is -2.12. The summed E-state index contributed by atoms with van der Waals surface area (Å²) in [5.41, 5.74) is 6.06. The second-order valence-electron chi connectivity index (χ2n) is 4.06. The second kappa shape index (κ2) is 5.74. The van der Waals surface area contributed by atoms with Crippen molar-refractivity contribution in [2.24, 2.45) is 5.14 Å². The number of benzene rings is 2. The van der Waals surface area contributed by atoms with Gasteiger partial charge in [-0.2, -0.15) is 0 Å². The average Bonchev–Trinajstić information content (AvgIpc) is 2.37. The summed E-state index contributed by atoms with van der Waals surface area (Å²) in [5, 5.41) is 5.12. The van der Waals surface area contributed by atoms with Crippen molar-refractivity contribution in [2.45, 2.75) is 14.7 Å². The first-order valence-corrected chi connectivity index (χ1v) is 8.00. The average molecular weight is 310 g/mol. The Morgan fingerprint density at radius 1 is 1.10 bits per heavy atom. The maximum atomic E-state index is 11.4. The highest BCUT2D eigenvalue weighted by atomic mass is 32.2. The lowest BCUT2D eigenvalue weighted by atomic mass is 10.3. The molecule has 0 aromatic heterocycles. The van der Waals surface area contributed by atoms with Crippen LogP contribution in [0.1, 0.15) is 0 Å². The maximum absolute atomic E-state index is 11.4. The molecule has 0 spiro atoms. The molecule has 0 saturated heterocycles. The van der Waals surface area contributed by atoms with Crippen LogP contribution < -0.4 is 15.6 Å². The zero-order valence-electron chi connectivity index (χ0n) is 10.7. The SMILES string of the molecule is COc1cccc(Sc2cc(N)cc(S(N)(=O)=O)c2)c1. The topological polar surface area (TPSA) is 95.4 Å². The molecule has 0 saturated carbocycles. The van der Waals surface area contributed by atoms with Gasteiger partial charge in [-0.05, 0) is 36.4 Å². The fraction of sp³-hybridized carbons (Fsp3) is 0.0769. The zero-order valence-corrected chi connectivity index (χ0v) is 12.4. The summed E-state index contributed by atoms with van der Waals surface area (Å²) in [4.78, 5) is 1.61. The number of nitrogens with two attached hydrogens (primary N) is 2. The first-order valence-electron chi connectivity index (χ1n) is 5.64. The van der Waals surface area contributed by atoms with Gasteiger partial charge in [-0.3, -0.25) is 0 Å². The molecule has 2 aromatic carbocycles. The smallest absolute Gasteiger partial charge is 0.238 e. The first kappa shape index (κ1) is 14.7. The van der Waals surface area contributed by atoms with E-state index in [0.29, 0.717) is 10.6 Å². The molecule has 2 aromatic rings. The lowest BCUT2D eigenvalue weighted by Gasteiger charge is -2.07. The van der Waals surface area contributed by atoms with E-state index in [4.69, 9.17) is 15.6 Å². The van der Waals surface area contributed by atoms with Crippen molar-refractivity contribution in [3.05, 3.63) is 42.5 Å². The molecular formula is C13H14N2O3S2. The van der Waals surface area contributed by atoms with E-state index in [-0.39, 0.29) is 4.90 Å². The van der Waals surface area contributed by atoms with Crippen LogP contribution in [0.15, 0.2) is 57.2 Å². The number of hydrogen-bond acceptors (Lipinski definition) is 5. The highest BCUT2D eigenvalue weighted by Crippen LogP contribution is 2.32. The molecule has 0 aliphatic rings. The van der Waals surface area contributed by atoms with E-state index < -0.39 is 10.0 Å². The summed E-state index contributed by atoms with van der Waals surface area (Å²) in [6.07, 6.45) is 0. The quantitative estimate of drug-likeness (QED) is 0.843. The van der Waals surface area contributed by atoms with Crippen molar-refractivity contribution in [3.63, 3.8) is 0 Å². The van der Waals surface area contributed by atoms with Gasteiger partial charge in [0, 0.05) is 15.5 Å². The molecule has 0 unspecified atom stereocenters. The number of hydrogen-bond donors (Lipinski definition) is 2. The standard InChI is InChI=1S/C13H14N2O3S2/c1-18-10-3-2-4-11(7-10)19-12-5-9(14)6-13(8-12)20(15,16)17/h2-8H,14H2,1H3,(H2,15,16,17). The molecule has 106 valence electrons. The number of nitrogen functional groups attached to an aromatic ring is 1. The normalized spacial score (nSPS) is 11.3. The monoisotopic (exact) mass is 310 g/mol. The molecule has 5 nitrogen and oxygen atoms in total. The molecule has 2 rings (SSSR count). The minimum Gasteiger partial charge on any atom is -0.497 e. The van der Waals surface area contributed by atoms with E-state index in [2.05, 4.69) is 0 Å². The summed E-state index contributed by atoms with van der Waals surface area (Å²) < 4.78 is 27.9. The van der Waals surface area contributed by atoms with Crippen LogP contribution in [0.4, 0.5) is 5.69 Å². The number of anilines is 1. The van der Waals surface area contributed by atoms with E-state index in [0.717, 1.165) is 10.6 Å². The number of ether oxygens (including phenoxy) is 1. The molecule has 0 atom stereocenters. The van der Waals surface area contributed by atoms with E-state index in [1.807, 2.05) is 24.3 Å². The van der Waals surface area contributed by atoms with Crippen molar-refractivity contribution in [1.82, 2.24) is 0 Å². The van der Waals surface area contributed by atoms with Crippen molar-refractivity contribution in [2.75, 3.05) is 12.8 Å². The Kier molecular flexibility index (Phi) is 4.22. The Bertz CT molecular complexity index is 730. The van der Waals surface area contributed by atoms with Gasteiger partial charge in [0.15, 0.2) is 0 Å². The zero-order chi connectivity index (χ0) is 14.8.